The zero-order chi connectivity index (χ0) is 21.4. The molecule has 1 fully saturated rings. The van der Waals surface area contributed by atoms with Crippen LogP contribution in [0.4, 0.5) is 5.82 Å². The first-order valence-corrected chi connectivity index (χ1v) is 9.96. The Bertz CT molecular complexity index is 1270. The molecule has 0 radical (unpaired) electrons. The topological polar surface area (TPSA) is 119 Å². The molecule has 1 atom stereocenters. The number of nitrogens with two attached hydrogens (primary N) is 1. The Hall–Kier alpha value is -4.19. The summed E-state index contributed by atoms with van der Waals surface area (Å²) in [6.45, 7) is 3.29. The van der Waals surface area contributed by atoms with E-state index in [1.54, 1.807) is 11.1 Å². The predicted octanol–water partition coefficient (Wildman–Crippen LogP) is 3.30. The molecule has 4 aromatic rings. The molecule has 1 aliphatic heterocycles. The number of fused-ring (bicyclic) bond motifs is 1. The smallest absolute Gasteiger partial charge is 0.219 e. The van der Waals surface area contributed by atoms with Crippen molar-refractivity contribution in [1.82, 2.24) is 29.6 Å². The number of anilines is 1. The van der Waals surface area contributed by atoms with Crippen molar-refractivity contribution >= 4 is 16.9 Å². The standard InChI is InChI=1S/C22H20N8O/c1-14-2-7-18(25-10-14)31-17-5-3-15(4-6-17)20-19-21(24)26-13-27-22(19)30(28-20)16-8-9-29(11-16)12-23/h2-7,10,13,16H,8-9,11H2,1H3,(H2,24,26,27). The molecule has 0 aliphatic carbocycles. The van der Waals surface area contributed by atoms with Crippen LogP contribution in [0.15, 0.2) is 48.9 Å². The van der Waals surface area contributed by atoms with Crippen LogP contribution in [0.3, 0.4) is 0 Å². The van der Waals surface area contributed by atoms with Crippen molar-refractivity contribution in [2.75, 3.05) is 18.8 Å². The largest absolute Gasteiger partial charge is 0.439 e. The second-order valence-electron chi connectivity index (χ2n) is 7.54. The van der Waals surface area contributed by atoms with Gasteiger partial charge >= 0.3 is 0 Å². The molecule has 0 spiro atoms. The normalized spacial score (nSPS) is 15.9. The summed E-state index contributed by atoms with van der Waals surface area (Å²) in [7, 11) is 0. The fourth-order valence-corrected chi connectivity index (χ4v) is 3.80. The van der Waals surface area contributed by atoms with E-state index in [1.807, 2.05) is 48.0 Å². The van der Waals surface area contributed by atoms with Crippen molar-refractivity contribution in [3.8, 4) is 29.1 Å². The Morgan fingerprint density at radius 2 is 1.97 bits per heavy atom. The molecule has 1 unspecified atom stereocenters. The zero-order valence-corrected chi connectivity index (χ0v) is 16.9. The van der Waals surface area contributed by atoms with Gasteiger partial charge in [-0.05, 0) is 43.2 Å². The van der Waals surface area contributed by atoms with Crippen LogP contribution in [-0.4, -0.2) is 42.7 Å². The van der Waals surface area contributed by atoms with Gasteiger partial charge in [-0.3, -0.25) is 0 Å². The minimum absolute atomic E-state index is 0.0559. The molecule has 9 heteroatoms. The second kappa shape index (κ2) is 7.57. The molecule has 31 heavy (non-hydrogen) atoms. The lowest BCUT2D eigenvalue weighted by Gasteiger charge is -2.11. The van der Waals surface area contributed by atoms with Gasteiger partial charge < -0.3 is 15.4 Å². The predicted molar refractivity (Wildman–Crippen MR) is 115 cm³/mol. The van der Waals surface area contributed by atoms with E-state index in [0.717, 1.165) is 17.5 Å². The first-order valence-electron chi connectivity index (χ1n) is 9.96. The second-order valence-corrected chi connectivity index (χ2v) is 7.54. The Kier molecular flexibility index (Phi) is 4.59. The number of nitrogens with zero attached hydrogens (tertiary/aromatic N) is 7. The van der Waals surface area contributed by atoms with Crippen LogP contribution < -0.4 is 10.5 Å². The zero-order valence-electron chi connectivity index (χ0n) is 16.9. The highest BCUT2D eigenvalue weighted by atomic mass is 16.5. The van der Waals surface area contributed by atoms with Gasteiger partial charge in [0.2, 0.25) is 5.88 Å². The van der Waals surface area contributed by atoms with Crippen LogP contribution in [0.1, 0.15) is 18.0 Å². The van der Waals surface area contributed by atoms with Crippen LogP contribution in [0.5, 0.6) is 11.6 Å². The van der Waals surface area contributed by atoms with E-state index in [-0.39, 0.29) is 6.04 Å². The maximum atomic E-state index is 9.20. The van der Waals surface area contributed by atoms with Gasteiger partial charge in [0.15, 0.2) is 11.8 Å². The number of likely N-dealkylation sites (tertiary alicyclic amines) is 1. The minimum atomic E-state index is 0.0559. The van der Waals surface area contributed by atoms with E-state index in [9.17, 15) is 5.26 Å². The molecule has 0 saturated carbocycles. The van der Waals surface area contributed by atoms with Crippen LogP contribution >= 0.6 is 0 Å². The lowest BCUT2D eigenvalue weighted by atomic mass is 10.1. The fraction of sp³-hybridized carbons (Fsp3) is 0.227. The summed E-state index contributed by atoms with van der Waals surface area (Å²) < 4.78 is 7.70. The molecule has 4 heterocycles. The summed E-state index contributed by atoms with van der Waals surface area (Å²) in [6, 6.07) is 11.4. The fourth-order valence-electron chi connectivity index (χ4n) is 3.80. The average molecular weight is 412 g/mol. The number of aryl methyl sites for hydroxylation is 1. The molecular formula is C22H20N8O. The van der Waals surface area contributed by atoms with E-state index in [1.165, 1.54) is 6.33 Å². The van der Waals surface area contributed by atoms with Gasteiger partial charge in [0.05, 0.1) is 18.0 Å². The van der Waals surface area contributed by atoms with E-state index >= 15 is 0 Å². The Labute approximate surface area is 178 Å². The summed E-state index contributed by atoms with van der Waals surface area (Å²) in [5.41, 5.74) is 9.55. The molecule has 0 amide bonds. The van der Waals surface area contributed by atoms with Crippen LogP contribution in [0.25, 0.3) is 22.3 Å². The number of rotatable bonds is 4. The van der Waals surface area contributed by atoms with E-state index in [4.69, 9.17) is 15.6 Å². The molecule has 1 saturated heterocycles. The molecular weight excluding hydrogens is 392 g/mol. The van der Waals surface area contributed by atoms with Crippen LogP contribution in [0, 0.1) is 18.4 Å². The highest BCUT2D eigenvalue weighted by molar-refractivity contribution is 5.98. The molecule has 3 aromatic heterocycles. The van der Waals surface area contributed by atoms with Gasteiger partial charge in [-0.15, -0.1) is 0 Å². The van der Waals surface area contributed by atoms with Crippen molar-refractivity contribution in [3.63, 3.8) is 0 Å². The van der Waals surface area contributed by atoms with E-state index in [2.05, 4.69) is 21.1 Å². The van der Waals surface area contributed by atoms with Crippen molar-refractivity contribution in [2.45, 2.75) is 19.4 Å². The number of hydrogen-bond acceptors (Lipinski definition) is 8. The minimum Gasteiger partial charge on any atom is -0.439 e. The molecule has 2 N–H and O–H groups in total. The summed E-state index contributed by atoms with van der Waals surface area (Å²) in [5.74, 6) is 1.59. The highest BCUT2D eigenvalue weighted by Gasteiger charge is 2.28. The number of aromatic nitrogens is 5. The van der Waals surface area contributed by atoms with Gasteiger partial charge in [0.1, 0.15) is 23.6 Å². The molecule has 9 nitrogen and oxygen atoms in total. The third kappa shape index (κ3) is 3.48. The van der Waals surface area contributed by atoms with Gasteiger partial charge in [-0.1, -0.05) is 6.07 Å². The number of pyridine rings is 1. The average Bonchev–Trinajstić information content (AvgIpc) is 3.41. The molecule has 154 valence electrons. The summed E-state index contributed by atoms with van der Waals surface area (Å²) in [4.78, 5) is 14.6. The number of nitrogen functional groups attached to an aromatic ring is 1. The monoisotopic (exact) mass is 412 g/mol. The van der Waals surface area contributed by atoms with Gasteiger partial charge in [-0.25, -0.2) is 19.6 Å². The lowest BCUT2D eigenvalue weighted by Crippen LogP contribution is -2.17. The quantitative estimate of drug-likeness (QED) is 0.507. The Morgan fingerprint density at radius 1 is 1.13 bits per heavy atom. The van der Waals surface area contributed by atoms with Gasteiger partial charge in [0, 0.05) is 24.4 Å². The molecule has 5 rings (SSSR count). The highest BCUT2D eigenvalue weighted by Crippen LogP contribution is 2.34. The Balaban J connectivity index is 1.50. The molecule has 0 bridgehead atoms. The van der Waals surface area contributed by atoms with Crippen LogP contribution in [-0.2, 0) is 0 Å². The summed E-state index contributed by atoms with van der Waals surface area (Å²) in [5, 5.41) is 14.8. The number of ether oxygens (including phenoxy) is 1. The first kappa shape index (κ1) is 18.8. The van der Waals surface area contributed by atoms with Crippen molar-refractivity contribution in [3.05, 3.63) is 54.5 Å². The van der Waals surface area contributed by atoms with Gasteiger partial charge in [0.25, 0.3) is 0 Å². The van der Waals surface area contributed by atoms with E-state index < -0.39 is 0 Å². The number of benzene rings is 1. The first-order chi connectivity index (χ1) is 15.1. The maximum Gasteiger partial charge on any atom is 0.219 e. The third-order valence-electron chi connectivity index (χ3n) is 5.40. The van der Waals surface area contributed by atoms with Crippen molar-refractivity contribution < 1.29 is 4.74 Å². The Morgan fingerprint density at radius 3 is 2.68 bits per heavy atom. The molecule has 1 aliphatic rings. The number of nitriles is 1. The summed E-state index contributed by atoms with van der Waals surface area (Å²) in [6.07, 6.45) is 6.24. The SMILES string of the molecule is Cc1ccc(Oc2ccc(-c3nn(C4CCN(C#N)C4)c4ncnc(N)c34)cc2)nc1. The maximum absolute atomic E-state index is 9.20. The van der Waals surface area contributed by atoms with Crippen molar-refractivity contribution in [1.29, 1.82) is 5.26 Å². The van der Waals surface area contributed by atoms with Crippen molar-refractivity contribution in [2.24, 2.45) is 0 Å². The van der Waals surface area contributed by atoms with E-state index in [0.29, 0.717) is 47.3 Å². The third-order valence-corrected chi connectivity index (χ3v) is 5.40. The van der Waals surface area contributed by atoms with Crippen LogP contribution in [0.2, 0.25) is 0 Å². The number of hydrogen-bond donors (Lipinski definition) is 1. The summed E-state index contributed by atoms with van der Waals surface area (Å²) >= 11 is 0. The molecule has 1 aromatic carbocycles. The van der Waals surface area contributed by atoms with Gasteiger partial charge in [-0.2, -0.15) is 10.4 Å². The lowest BCUT2D eigenvalue weighted by molar-refractivity contribution is 0.433.